The summed E-state index contributed by atoms with van der Waals surface area (Å²) in [7, 11) is 0. The number of thiophene rings is 2. The van der Waals surface area contributed by atoms with Gasteiger partial charge in [0.1, 0.15) is 0 Å². The molecule has 0 atom stereocenters. The normalized spacial score (nSPS) is 15.9. The number of rotatable bonds is 3. The Bertz CT molecular complexity index is 2970. The van der Waals surface area contributed by atoms with E-state index in [0.717, 1.165) is 12.8 Å². The van der Waals surface area contributed by atoms with Crippen LogP contribution in [0.3, 0.4) is 0 Å². The molecule has 12 rings (SSSR count). The molecule has 0 unspecified atom stereocenters. The van der Waals surface area contributed by atoms with Crippen LogP contribution in [0.25, 0.3) is 42.8 Å². The maximum atomic E-state index is 2.53. The molecule has 0 aliphatic heterocycles. The van der Waals surface area contributed by atoms with Gasteiger partial charge in [-0.1, -0.05) is 128 Å². The third-order valence-electron chi connectivity index (χ3n) is 14.4. The van der Waals surface area contributed by atoms with Gasteiger partial charge >= 0.3 is 0 Å². The van der Waals surface area contributed by atoms with E-state index in [9.17, 15) is 0 Å². The molecule has 0 fully saturated rings. The Morgan fingerprint density at radius 2 is 1.02 bits per heavy atom. The van der Waals surface area contributed by atoms with Crippen molar-refractivity contribution < 1.29 is 0 Å². The number of benzene rings is 6. The molecule has 6 aromatic carbocycles. The van der Waals surface area contributed by atoms with Crippen molar-refractivity contribution in [1.29, 1.82) is 0 Å². The van der Waals surface area contributed by atoms with Gasteiger partial charge in [-0.15, -0.1) is 22.7 Å². The quantitative estimate of drug-likeness (QED) is 0.172. The number of hydrogen-bond acceptors (Lipinski definition) is 3. The summed E-state index contributed by atoms with van der Waals surface area (Å²) in [6.45, 7) is 18.8. The Kier molecular flexibility index (Phi) is 7.11. The van der Waals surface area contributed by atoms with Crippen LogP contribution < -0.4 is 4.90 Å². The molecule has 0 bridgehead atoms. The smallest absolute Gasteiger partial charge is 0.0742 e. The Hall–Kier alpha value is -5.22. The zero-order valence-electron chi connectivity index (χ0n) is 35.3. The van der Waals surface area contributed by atoms with Crippen LogP contribution >= 0.6 is 22.7 Å². The number of hydrogen-bond donors (Lipinski definition) is 0. The molecule has 0 amide bonds. The fourth-order valence-electron chi connectivity index (χ4n) is 11.7. The molecule has 0 saturated heterocycles. The van der Waals surface area contributed by atoms with E-state index in [-0.39, 0.29) is 21.7 Å². The molecule has 2 aromatic heterocycles. The molecule has 0 radical (unpaired) electrons. The topological polar surface area (TPSA) is 3.24 Å². The summed E-state index contributed by atoms with van der Waals surface area (Å²) < 4.78 is 0. The zero-order valence-corrected chi connectivity index (χ0v) is 36.9. The van der Waals surface area contributed by atoms with Gasteiger partial charge in [0.2, 0.25) is 0 Å². The predicted molar refractivity (Wildman–Crippen MR) is 253 cm³/mol. The summed E-state index contributed by atoms with van der Waals surface area (Å²) in [6, 6.07) is 45.6. The van der Waals surface area contributed by atoms with Gasteiger partial charge in [0.25, 0.3) is 0 Å². The average molecular weight is 800 g/mol. The average Bonchev–Trinajstić information content (AvgIpc) is 4.05. The third kappa shape index (κ3) is 4.56. The van der Waals surface area contributed by atoms with Crippen molar-refractivity contribution in [3.05, 3.63) is 182 Å². The molecule has 0 N–H and O–H groups in total. The first-order valence-electron chi connectivity index (χ1n) is 21.4. The van der Waals surface area contributed by atoms with E-state index in [0.29, 0.717) is 0 Å². The highest BCUT2D eigenvalue weighted by Gasteiger charge is 2.54. The van der Waals surface area contributed by atoms with E-state index in [1.54, 1.807) is 0 Å². The standard InChI is InChI=1S/C56H49NS2/c1-53(2,3)34-16-20-36(21-17-34)57(37-22-18-35(19-23-37)54(4,5)6)45-11-9-10-38-39-25-27-42-48(50(39)55(7,8)49(38)45)40-24-14-32-12-13-33-15-26-41(47(40)46(32)33)56(42)43-28-30-58-51(43)52-44(56)29-31-59-52/h9-11,14-31H,12-13H2,1-8H3. The van der Waals surface area contributed by atoms with Crippen LogP contribution in [0.15, 0.2) is 126 Å². The first kappa shape index (κ1) is 35.7. The molecule has 290 valence electrons. The van der Waals surface area contributed by atoms with Gasteiger partial charge in [0.15, 0.2) is 0 Å². The minimum atomic E-state index is -0.356. The van der Waals surface area contributed by atoms with Crippen molar-refractivity contribution in [2.45, 2.75) is 89.9 Å². The first-order valence-corrected chi connectivity index (χ1v) is 23.1. The number of fused-ring (bicyclic) bond motifs is 13. The van der Waals surface area contributed by atoms with Gasteiger partial charge < -0.3 is 4.90 Å². The molecule has 4 aliphatic rings. The highest BCUT2D eigenvalue weighted by Crippen LogP contribution is 2.68. The molecule has 59 heavy (non-hydrogen) atoms. The predicted octanol–water partition coefficient (Wildman–Crippen LogP) is 15.8. The van der Waals surface area contributed by atoms with Gasteiger partial charge in [0, 0.05) is 26.5 Å². The van der Waals surface area contributed by atoms with E-state index in [4.69, 9.17) is 0 Å². The van der Waals surface area contributed by atoms with Crippen LogP contribution in [0, 0.1) is 0 Å². The SMILES string of the molecule is CC(C)(C)c1ccc(N(c2ccc(C(C)(C)C)cc2)c2cccc3c2C(C)(C)c2c-3ccc3c2-c2ccc4c5c(ccc(c25)C32c3ccsc3-c3sccc32)CC4)cc1. The first-order chi connectivity index (χ1) is 28.3. The molecular weight excluding hydrogens is 751 g/mol. The molecule has 2 heterocycles. The number of nitrogens with zero attached hydrogens (tertiary/aromatic N) is 1. The van der Waals surface area contributed by atoms with Crippen molar-refractivity contribution in [2.24, 2.45) is 0 Å². The van der Waals surface area contributed by atoms with Crippen molar-refractivity contribution in [3.63, 3.8) is 0 Å². The minimum absolute atomic E-state index is 0.0706. The Morgan fingerprint density at radius 3 is 1.59 bits per heavy atom. The second-order valence-electron chi connectivity index (χ2n) is 20.0. The lowest BCUT2D eigenvalue weighted by molar-refractivity contribution is 0.590. The van der Waals surface area contributed by atoms with E-state index in [1.165, 1.54) is 115 Å². The molecule has 8 aromatic rings. The summed E-state index contributed by atoms with van der Waals surface area (Å²) in [5.74, 6) is 0. The van der Waals surface area contributed by atoms with Crippen LogP contribution in [-0.4, -0.2) is 0 Å². The second-order valence-corrected chi connectivity index (χ2v) is 21.9. The summed E-state index contributed by atoms with van der Waals surface area (Å²) >= 11 is 3.83. The van der Waals surface area contributed by atoms with Gasteiger partial charge in [-0.2, -0.15) is 0 Å². The lowest BCUT2D eigenvalue weighted by Crippen LogP contribution is -2.33. The van der Waals surface area contributed by atoms with Crippen LogP contribution in [0.2, 0.25) is 0 Å². The van der Waals surface area contributed by atoms with Gasteiger partial charge in [-0.25, -0.2) is 0 Å². The maximum absolute atomic E-state index is 2.53. The Morgan fingerprint density at radius 1 is 0.492 bits per heavy atom. The molecule has 3 heteroatoms. The Labute approximate surface area is 357 Å². The van der Waals surface area contributed by atoms with Crippen LogP contribution in [-0.2, 0) is 34.5 Å². The zero-order chi connectivity index (χ0) is 40.4. The molecule has 0 saturated carbocycles. The molecule has 1 nitrogen and oxygen atoms in total. The lowest BCUT2D eigenvalue weighted by Gasteiger charge is -2.41. The second kappa shape index (κ2) is 11.7. The van der Waals surface area contributed by atoms with Crippen molar-refractivity contribution in [3.8, 4) is 32.0 Å². The monoisotopic (exact) mass is 799 g/mol. The summed E-state index contributed by atoms with van der Waals surface area (Å²) in [4.78, 5) is 5.43. The number of aryl methyl sites for hydroxylation is 2. The fraction of sp³-hybridized carbons (Fsp3) is 0.250. The maximum Gasteiger partial charge on any atom is 0.0742 e. The summed E-state index contributed by atoms with van der Waals surface area (Å²) in [6.07, 6.45) is 2.25. The van der Waals surface area contributed by atoms with Gasteiger partial charge in [-0.05, 0) is 166 Å². The molecular formula is C56H49NS2. The van der Waals surface area contributed by atoms with E-state index in [1.807, 2.05) is 22.7 Å². The summed E-state index contributed by atoms with van der Waals surface area (Å²) in [5.41, 5.74) is 23.1. The largest absolute Gasteiger partial charge is 0.310 e. The lowest BCUT2D eigenvalue weighted by atomic mass is 9.60. The van der Waals surface area contributed by atoms with Crippen LogP contribution in [0.4, 0.5) is 17.1 Å². The van der Waals surface area contributed by atoms with E-state index < -0.39 is 0 Å². The third-order valence-corrected chi connectivity index (χ3v) is 16.4. The van der Waals surface area contributed by atoms with E-state index in [2.05, 4.69) is 186 Å². The van der Waals surface area contributed by atoms with Crippen molar-refractivity contribution in [2.75, 3.05) is 4.90 Å². The highest BCUT2D eigenvalue weighted by molar-refractivity contribution is 7.21. The fourth-order valence-corrected chi connectivity index (χ4v) is 13.8. The number of anilines is 3. The minimum Gasteiger partial charge on any atom is -0.310 e. The van der Waals surface area contributed by atoms with Crippen molar-refractivity contribution >= 4 is 50.5 Å². The van der Waals surface area contributed by atoms with Crippen molar-refractivity contribution in [1.82, 2.24) is 0 Å². The molecule has 4 aliphatic carbocycles. The van der Waals surface area contributed by atoms with Crippen LogP contribution in [0.1, 0.15) is 111 Å². The van der Waals surface area contributed by atoms with Crippen LogP contribution in [0.5, 0.6) is 0 Å². The van der Waals surface area contributed by atoms with Gasteiger partial charge in [-0.3, -0.25) is 0 Å². The molecule has 1 spiro atoms. The summed E-state index contributed by atoms with van der Waals surface area (Å²) in [5, 5.41) is 7.67. The van der Waals surface area contributed by atoms with E-state index >= 15 is 0 Å². The van der Waals surface area contributed by atoms with Gasteiger partial charge in [0.05, 0.1) is 11.1 Å². The highest BCUT2D eigenvalue weighted by atomic mass is 32.1. The Balaban J connectivity index is 1.14.